The number of rotatable bonds is 8. The molecule has 0 aliphatic carbocycles. The van der Waals surface area contributed by atoms with Gasteiger partial charge in [-0.05, 0) is 43.5 Å². The van der Waals surface area contributed by atoms with Crippen LogP contribution in [0.15, 0.2) is 29.2 Å². The second kappa shape index (κ2) is 7.77. The first-order valence-corrected chi connectivity index (χ1v) is 9.18. The molecule has 0 spiro atoms. The van der Waals surface area contributed by atoms with E-state index in [9.17, 15) is 8.42 Å². The maximum absolute atomic E-state index is 11.9. The van der Waals surface area contributed by atoms with E-state index in [0.717, 1.165) is 4.90 Å². The Kier molecular flexibility index (Phi) is 6.68. The Morgan fingerprint density at radius 1 is 1.21 bits per heavy atom. The van der Waals surface area contributed by atoms with Crippen LogP contribution >= 0.6 is 11.8 Å². The van der Waals surface area contributed by atoms with Gasteiger partial charge in [0.25, 0.3) is 0 Å². The van der Waals surface area contributed by atoms with E-state index in [1.54, 1.807) is 23.9 Å². The molecule has 0 bridgehead atoms. The van der Waals surface area contributed by atoms with E-state index < -0.39 is 10.0 Å². The molecule has 0 aliphatic rings. The smallest absolute Gasteiger partial charge is 0.232 e. The van der Waals surface area contributed by atoms with Gasteiger partial charge in [0.2, 0.25) is 10.0 Å². The van der Waals surface area contributed by atoms with E-state index >= 15 is 0 Å². The molecule has 0 saturated carbocycles. The zero-order valence-electron chi connectivity index (χ0n) is 11.6. The van der Waals surface area contributed by atoms with Crippen molar-refractivity contribution >= 4 is 27.5 Å². The fourth-order valence-electron chi connectivity index (χ4n) is 1.54. The number of nitrogens with one attached hydrogen (secondary N) is 2. The van der Waals surface area contributed by atoms with Crippen molar-refractivity contribution in [3.63, 3.8) is 0 Å². The monoisotopic (exact) mass is 302 g/mol. The van der Waals surface area contributed by atoms with Gasteiger partial charge in [-0.3, -0.25) is 4.72 Å². The molecule has 0 fully saturated rings. The first-order chi connectivity index (χ1) is 8.93. The first kappa shape index (κ1) is 16.3. The molecule has 108 valence electrons. The van der Waals surface area contributed by atoms with Crippen LogP contribution < -0.4 is 10.0 Å². The highest BCUT2D eigenvalue weighted by Crippen LogP contribution is 2.18. The summed E-state index contributed by atoms with van der Waals surface area (Å²) in [5.74, 6) is 0.136. The Labute approximate surface area is 120 Å². The van der Waals surface area contributed by atoms with Gasteiger partial charge in [0.15, 0.2) is 0 Å². The number of benzene rings is 1. The molecule has 4 nitrogen and oxygen atoms in total. The molecule has 0 amide bonds. The molecular weight excluding hydrogens is 280 g/mol. The van der Waals surface area contributed by atoms with Crippen LogP contribution in [-0.4, -0.2) is 33.0 Å². The lowest BCUT2D eigenvalue weighted by Crippen LogP contribution is -2.26. The lowest BCUT2D eigenvalue weighted by molar-refractivity contribution is 0.571. The number of hydrogen-bond acceptors (Lipinski definition) is 4. The van der Waals surface area contributed by atoms with Crippen molar-refractivity contribution in [2.45, 2.75) is 31.2 Å². The maximum Gasteiger partial charge on any atom is 0.232 e. The minimum absolute atomic E-state index is 0.136. The molecule has 6 heteroatoms. The summed E-state index contributed by atoms with van der Waals surface area (Å²) in [6.07, 6.45) is 2.59. The van der Waals surface area contributed by atoms with Crippen LogP contribution in [0.4, 0.5) is 5.69 Å². The zero-order chi connectivity index (χ0) is 14.3. The molecule has 0 aromatic heterocycles. The average Bonchev–Trinajstić information content (AvgIpc) is 2.35. The SMILES string of the molecule is CSc1ccc(NS(=O)(=O)CCCNC(C)C)cc1. The highest BCUT2D eigenvalue weighted by Gasteiger charge is 2.09. The minimum atomic E-state index is -3.25. The van der Waals surface area contributed by atoms with Crippen molar-refractivity contribution in [3.05, 3.63) is 24.3 Å². The highest BCUT2D eigenvalue weighted by molar-refractivity contribution is 7.98. The summed E-state index contributed by atoms with van der Waals surface area (Å²) in [5.41, 5.74) is 0.620. The second-order valence-electron chi connectivity index (χ2n) is 4.61. The summed E-state index contributed by atoms with van der Waals surface area (Å²) in [5, 5.41) is 3.20. The van der Waals surface area contributed by atoms with E-state index in [0.29, 0.717) is 24.7 Å². The third kappa shape index (κ3) is 6.84. The van der Waals surface area contributed by atoms with Crippen LogP contribution in [-0.2, 0) is 10.0 Å². The van der Waals surface area contributed by atoms with Crippen molar-refractivity contribution in [1.29, 1.82) is 0 Å². The van der Waals surface area contributed by atoms with Crippen LogP contribution in [0.25, 0.3) is 0 Å². The predicted molar refractivity (Wildman–Crippen MR) is 83.4 cm³/mol. The molecule has 0 heterocycles. The highest BCUT2D eigenvalue weighted by atomic mass is 32.2. The Morgan fingerprint density at radius 3 is 2.37 bits per heavy atom. The summed E-state index contributed by atoms with van der Waals surface area (Å²) < 4.78 is 26.3. The average molecular weight is 302 g/mol. The number of hydrogen-bond donors (Lipinski definition) is 2. The van der Waals surface area contributed by atoms with E-state index in [1.165, 1.54) is 0 Å². The standard InChI is InChI=1S/C13H22N2O2S2/c1-11(2)14-9-4-10-19(16,17)15-12-5-7-13(18-3)8-6-12/h5-8,11,14-15H,4,9-10H2,1-3H3. The third-order valence-electron chi connectivity index (χ3n) is 2.51. The van der Waals surface area contributed by atoms with Crippen LogP contribution in [0.2, 0.25) is 0 Å². The maximum atomic E-state index is 11.9. The van der Waals surface area contributed by atoms with Gasteiger partial charge >= 0.3 is 0 Å². The van der Waals surface area contributed by atoms with Gasteiger partial charge in [0.1, 0.15) is 0 Å². The fraction of sp³-hybridized carbons (Fsp3) is 0.538. The van der Waals surface area contributed by atoms with Crippen molar-refractivity contribution in [2.75, 3.05) is 23.3 Å². The molecular formula is C13H22N2O2S2. The lowest BCUT2D eigenvalue weighted by Gasteiger charge is -2.10. The van der Waals surface area contributed by atoms with Crippen molar-refractivity contribution in [1.82, 2.24) is 5.32 Å². The first-order valence-electron chi connectivity index (χ1n) is 6.31. The van der Waals surface area contributed by atoms with E-state index in [4.69, 9.17) is 0 Å². The van der Waals surface area contributed by atoms with Gasteiger partial charge in [-0.2, -0.15) is 0 Å². The number of thioether (sulfide) groups is 1. The molecule has 19 heavy (non-hydrogen) atoms. The van der Waals surface area contributed by atoms with Gasteiger partial charge in [0.05, 0.1) is 5.75 Å². The van der Waals surface area contributed by atoms with Crippen molar-refractivity contribution in [3.8, 4) is 0 Å². The second-order valence-corrected chi connectivity index (χ2v) is 7.33. The molecule has 1 aromatic rings. The Balaban J connectivity index is 2.44. The largest absolute Gasteiger partial charge is 0.314 e. The third-order valence-corrected chi connectivity index (χ3v) is 4.62. The van der Waals surface area contributed by atoms with Gasteiger partial charge in [-0.25, -0.2) is 8.42 Å². The van der Waals surface area contributed by atoms with Crippen LogP contribution in [0, 0.1) is 0 Å². The molecule has 0 unspecified atom stereocenters. The van der Waals surface area contributed by atoms with Gasteiger partial charge in [0, 0.05) is 16.6 Å². The quantitative estimate of drug-likeness (QED) is 0.572. The van der Waals surface area contributed by atoms with E-state index in [-0.39, 0.29) is 5.75 Å². The summed E-state index contributed by atoms with van der Waals surface area (Å²) in [6, 6.07) is 7.77. The van der Waals surface area contributed by atoms with Crippen LogP contribution in [0.3, 0.4) is 0 Å². The molecule has 0 aliphatic heterocycles. The molecule has 0 saturated heterocycles. The van der Waals surface area contributed by atoms with Crippen molar-refractivity contribution < 1.29 is 8.42 Å². The summed E-state index contributed by atoms with van der Waals surface area (Å²) >= 11 is 1.63. The molecule has 1 aromatic carbocycles. The summed E-state index contributed by atoms with van der Waals surface area (Å²) in [7, 11) is -3.25. The van der Waals surface area contributed by atoms with Gasteiger partial charge < -0.3 is 5.32 Å². The van der Waals surface area contributed by atoms with Gasteiger partial charge in [-0.15, -0.1) is 11.8 Å². The lowest BCUT2D eigenvalue weighted by atomic mass is 10.3. The Morgan fingerprint density at radius 2 is 1.84 bits per heavy atom. The molecule has 2 N–H and O–H groups in total. The van der Waals surface area contributed by atoms with Gasteiger partial charge in [-0.1, -0.05) is 13.8 Å². The Hall–Kier alpha value is -0.720. The fourth-order valence-corrected chi connectivity index (χ4v) is 3.07. The molecule has 0 radical (unpaired) electrons. The van der Waals surface area contributed by atoms with Crippen LogP contribution in [0.5, 0.6) is 0 Å². The predicted octanol–water partition coefficient (Wildman–Crippen LogP) is 2.54. The number of sulfonamides is 1. The van der Waals surface area contributed by atoms with Crippen molar-refractivity contribution in [2.24, 2.45) is 0 Å². The van der Waals surface area contributed by atoms with Crippen LogP contribution in [0.1, 0.15) is 20.3 Å². The normalized spacial score (nSPS) is 11.8. The minimum Gasteiger partial charge on any atom is -0.314 e. The summed E-state index contributed by atoms with van der Waals surface area (Å²) in [4.78, 5) is 1.11. The zero-order valence-corrected chi connectivity index (χ0v) is 13.3. The number of anilines is 1. The topological polar surface area (TPSA) is 58.2 Å². The molecule has 1 rings (SSSR count). The Bertz CT molecular complexity index is 470. The summed E-state index contributed by atoms with van der Waals surface area (Å²) in [6.45, 7) is 4.80. The van der Waals surface area contributed by atoms with E-state index in [2.05, 4.69) is 10.0 Å². The molecule has 0 atom stereocenters. The van der Waals surface area contributed by atoms with E-state index in [1.807, 2.05) is 32.2 Å².